The molecular formula is C8H8BrN. The van der Waals surface area contributed by atoms with Gasteiger partial charge in [0.1, 0.15) is 0 Å². The van der Waals surface area contributed by atoms with Gasteiger partial charge in [-0.05, 0) is 17.2 Å². The molecule has 0 aliphatic heterocycles. The molecule has 0 saturated carbocycles. The van der Waals surface area contributed by atoms with E-state index in [0.29, 0.717) is 0 Å². The number of alkyl halides is 1. The fourth-order valence-corrected chi connectivity index (χ4v) is 0.973. The Hall–Kier alpha value is -0.630. The van der Waals surface area contributed by atoms with Crippen molar-refractivity contribution in [3.05, 3.63) is 36.7 Å². The van der Waals surface area contributed by atoms with E-state index in [9.17, 15) is 0 Å². The Morgan fingerprint density at radius 3 is 3.00 bits per heavy atom. The summed E-state index contributed by atoms with van der Waals surface area (Å²) in [6, 6.07) is 3.90. The quantitative estimate of drug-likeness (QED) is 0.665. The molecule has 0 aliphatic rings. The highest BCUT2D eigenvalue weighted by Crippen LogP contribution is 2.11. The fraction of sp³-hybridized carbons (Fsp3) is 0.125. The van der Waals surface area contributed by atoms with Crippen LogP contribution < -0.4 is 0 Å². The number of hydrogen-bond acceptors (Lipinski definition) is 1. The van der Waals surface area contributed by atoms with Gasteiger partial charge in [0.05, 0.1) is 0 Å². The molecule has 0 unspecified atom stereocenters. The van der Waals surface area contributed by atoms with E-state index in [2.05, 4.69) is 27.5 Å². The molecule has 0 atom stereocenters. The number of hydrogen-bond donors (Lipinski definition) is 0. The lowest BCUT2D eigenvalue weighted by Gasteiger charge is -1.97. The zero-order valence-corrected chi connectivity index (χ0v) is 7.13. The molecule has 0 spiro atoms. The maximum atomic E-state index is 3.97. The first-order valence-electron chi connectivity index (χ1n) is 2.98. The van der Waals surface area contributed by atoms with E-state index in [-0.39, 0.29) is 0 Å². The predicted molar refractivity (Wildman–Crippen MR) is 47.1 cm³/mol. The van der Waals surface area contributed by atoms with Gasteiger partial charge >= 0.3 is 0 Å². The molecule has 2 heteroatoms. The van der Waals surface area contributed by atoms with Gasteiger partial charge in [-0.1, -0.05) is 28.6 Å². The summed E-state index contributed by atoms with van der Waals surface area (Å²) in [7, 11) is 0. The van der Waals surface area contributed by atoms with Crippen molar-refractivity contribution >= 4 is 21.5 Å². The molecule has 0 amide bonds. The number of nitrogens with zero attached hydrogens (tertiary/aromatic N) is 1. The Bertz CT molecular complexity index is 218. The fourth-order valence-electron chi connectivity index (χ4n) is 0.649. The third-order valence-electron chi connectivity index (χ3n) is 1.23. The first-order chi connectivity index (χ1) is 4.84. The maximum absolute atomic E-state index is 3.97. The summed E-state index contributed by atoms with van der Waals surface area (Å²) in [6.45, 7) is 3.86. The molecule has 1 aromatic rings. The Morgan fingerprint density at radius 2 is 2.50 bits per heavy atom. The second-order valence-corrected chi connectivity index (χ2v) is 2.54. The molecule has 0 saturated heterocycles. The van der Waals surface area contributed by atoms with Gasteiger partial charge in [0, 0.05) is 17.7 Å². The molecular weight excluding hydrogens is 190 g/mol. The summed E-state index contributed by atoms with van der Waals surface area (Å²) in [5, 5.41) is 0.804. The summed E-state index contributed by atoms with van der Waals surface area (Å²) < 4.78 is 0. The first kappa shape index (κ1) is 7.48. The van der Waals surface area contributed by atoms with Crippen molar-refractivity contribution < 1.29 is 0 Å². The van der Waals surface area contributed by atoms with Crippen molar-refractivity contribution in [2.75, 3.05) is 5.33 Å². The van der Waals surface area contributed by atoms with Crippen molar-refractivity contribution in [1.29, 1.82) is 0 Å². The third-order valence-corrected chi connectivity index (χ3v) is 1.91. The summed E-state index contributed by atoms with van der Waals surface area (Å²) >= 11 is 3.32. The number of pyridine rings is 1. The van der Waals surface area contributed by atoms with Crippen LogP contribution in [0.1, 0.15) is 5.56 Å². The highest BCUT2D eigenvalue weighted by Gasteiger charge is 1.93. The molecule has 0 radical (unpaired) electrons. The summed E-state index contributed by atoms with van der Waals surface area (Å²) in [6.07, 6.45) is 3.56. The van der Waals surface area contributed by atoms with Crippen LogP contribution in [0.2, 0.25) is 0 Å². The van der Waals surface area contributed by atoms with Gasteiger partial charge in [-0.3, -0.25) is 4.98 Å². The maximum Gasteiger partial charge on any atom is 0.0343 e. The SMILES string of the molecule is C=C(CBr)c1cccnc1. The summed E-state index contributed by atoms with van der Waals surface area (Å²) in [5.74, 6) is 0. The topological polar surface area (TPSA) is 12.9 Å². The number of allylic oxidation sites excluding steroid dienone is 1. The van der Waals surface area contributed by atoms with Gasteiger partial charge in [0.2, 0.25) is 0 Å². The smallest absolute Gasteiger partial charge is 0.0343 e. The van der Waals surface area contributed by atoms with Crippen LogP contribution >= 0.6 is 15.9 Å². The molecule has 1 rings (SSSR count). The van der Waals surface area contributed by atoms with Crippen LogP contribution in [0.3, 0.4) is 0 Å². The minimum Gasteiger partial charge on any atom is -0.264 e. The van der Waals surface area contributed by atoms with E-state index >= 15 is 0 Å². The lowest BCUT2D eigenvalue weighted by atomic mass is 10.2. The number of rotatable bonds is 2. The lowest BCUT2D eigenvalue weighted by Crippen LogP contribution is -1.82. The van der Waals surface area contributed by atoms with E-state index in [4.69, 9.17) is 0 Å². The van der Waals surface area contributed by atoms with E-state index in [1.807, 2.05) is 18.3 Å². The van der Waals surface area contributed by atoms with E-state index in [0.717, 1.165) is 16.5 Å². The van der Waals surface area contributed by atoms with E-state index < -0.39 is 0 Å². The van der Waals surface area contributed by atoms with Gasteiger partial charge < -0.3 is 0 Å². The second-order valence-electron chi connectivity index (χ2n) is 1.98. The Kier molecular flexibility index (Phi) is 2.63. The minimum atomic E-state index is 0.804. The molecule has 0 N–H and O–H groups in total. The largest absolute Gasteiger partial charge is 0.264 e. The highest BCUT2D eigenvalue weighted by molar-refractivity contribution is 9.09. The molecule has 0 aromatic carbocycles. The van der Waals surface area contributed by atoms with Crippen molar-refractivity contribution in [2.24, 2.45) is 0 Å². The Morgan fingerprint density at radius 1 is 1.70 bits per heavy atom. The summed E-state index contributed by atoms with van der Waals surface area (Å²) in [5.41, 5.74) is 2.16. The van der Waals surface area contributed by atoms with Crippen LogP contribution in [0, 0.1) is 0 Å². The van der Waals surface area contributed by atoms with Crippen molar-refractivity contribution in [1.82, 2.24) is 4.98 Å². The molecule has 10 heavy (non-hydrogen) atoms. The first-order valence-corrected chi connectivity index (χ1v) is 4.11. The molecule has 1 nitrogen and oxygen atoms in total. The number of halogens is 1. The van der Waals surface area contributed by atoms with Gasteiger partial charge in [-0.15, -0.1) is 0 Å². The van der Waals surface area contributed by atoms with E-state index in [1.54, 1.807) is 6.20 Å². The highest BCUT2D eigenvalue weighted by atomic mass is 79.9. The van der Waals surface area contributed by atoms with Crippen LogP contribution in [-0.2, 0) is 0 Å². The van der Waals surface area contributed by atoms with Crippen LogP contribution in [0.5, 0.6) is 0 Å². The Balaban J connectivity index is 2.85. The molecule has 1 aromatic heterocycles. The van der Waals surface area contributed by atoms with E-state index in [1.165, 1.54) is 0 Å². The number of aromatic nitrogens is 1. The van der Waals surface area contributed by atoms with Crippen LogP contribution in [0.4, 0.5) is 0 Å². The zero-order chi connectivity index (χ0) is 7.40. The van der Waals surface area contributed by atoms with Gasteiger partial charge in [0.25, 0.3) is 0 Å². The molecule has 0 aliphatic carbocycles. The normalized spacial score (nSPS) is 9.30. The minimum absolute atomic E-state index is 0.804. The summed E-state index contributed by atoms with van der Waals surface area (Å²) in [4.78, 5) is 3.97. The Labute approximate surface area is 68.9 Å². The van der Waals surface area contributed by atoms with Crippen LogP contribution in [-0.4, -0.2) is 10.3 Å². The van der Waals surface area contributed by atoms with Crippen molar-refractivity contribution in [3.8, 4) is 0 Å². The van der Waals surface area contributed by atoms with Gasteiger partial charge in [-0.25, -0.2) is 0 Å². The second kappa shape index (κ2) is 3.52. The van der Waals surface area contributed by atoms with Crippen molar-refractivity contribution in [3.63, 3.8) is 0 Å². The standard InChI is InChI=1S/C8H8BrN/c1-7(5-9)8-3-2-4-10-6-8/h2-4,6H,1,5H2. The molecule has 1 heterocycles. The van der Waals surface area contributed by atoms with Gasteiger partial charge in [0.15, 0.2) is 0 Å². The van der Waals surface area contributed by atoms with Crippen molar-refractivity contribution in [2.45, 2.75) is 0 Å². The molecule has 0 fully saturated rings. The zero-order valence-electron chi connectivity index (χ0n) is 5.55. The molecule has 0 bridgehead atoms. The lowest BCUT2D eigenvalue weighted by molar-refractivity contribution is 1.31. The molecule has 52 valence electrons. The van der Waals surface area contributed by atoms with Gasteiger partial charge in [-0.2, -0.15) is 0 Å². The average molecular weight is 198 g/mol. The average Bonchev–Trinajstić information content (AvgIpc) is 2.05. The predicted octanol–water partition coefficient (Wildman–Crippen LogP) is 2.49. The van der Waals surface area contributed by atoms with Crippen LogP contribution in [0.25, 0.3) is 5.57 Å². The van der Waals surface area contributed by atoms with Crippen LogP contribution in [0.15, 0.2) is 31.1 Å². The monoisotopic (exact) mass is 197 g/mol. The third kappa shape index (κ3) is 1.67.